The molecule has 144 valence electrons. The Morgan fingerprint density at radius 2 is 2.07 bits per heavy atom. The highest BCUT2D eigenvalue weighted by Crippen LogP contribution is 2.38. The van der Waals surface area contributed by atoms with Crippen LogP contribution in [0.2, 0.25) is 0 Å². The molecule has 3 rings (SSSR count). The number of fused-ring (bicyclic) bond motifs is 1. The summed E-state index contributed by atoms with van der Waals surface area (Å²) in [5.74, 6) is -0.990. The van der Waals surface area contributed by atoms with Crippen molar-refractivity contribution >= 4 is 34.3 Å². The van der Waals surface area contributed by atoms with Crippen molar-refractivity contribution in [3.8, 4) is 0 Å². The van der Waals surface area contributed by atoms with Crippen molar-refractivity contribution in [3.05, 3.63) is 34.0 Å². The highest BCUT2D eigenvalue weighted by Gasteiger charge is 2.31. The van der Waals surface area contributed by atoms with Gasteiger partial charge in [0, 0.05) is 17.5 Å². The molecule has 0 radical (unpaired) electrons. The molecule has 1 aliphatic rings. The fourth-order valence-corrected chi connectivity index (χ4v) is 4.03. The zero-order chi connectivity index (χ0) is 19.4. The molecular formula is C17H19N3O6S. The van der Waals surface area contributed by atoms with Crippen LogP contribution in [0.4, 0.5) is 9.80 Å². The van der Waals surface area contributed by atoms with Gasteiger partial charge in [-0.05, 0) is 25.8 Å². The maximum atomic E-state index is 12.5. The molecule has 0 atom stereocenters. The Bertz CT molecular complexity index is 845. The van der Waals surface area contributed by atoms with E-state index in [0.29, 0.717) is 36.7 Å². The second-order valence-corrected chi connectivity index (χ2v) is 6.73. The average molecular weight is 393 g/mol. The molecule has 3 heterocycles. The van der Waals surface area contributed by atoms with E-state index >= 15 is 0 Å². The first kappa shape index (κ1) is 18.9. The molecule has 10 heteroatoms. The van der Waals surface area contributed by atoms with Crippen LogP contribution in [0.15, 0.2) is 16.8 Å². The van der Waals surface area contributed by atoms with E-state index in [1.165, 1.54) is 23.6 Å². The third-order valence-electron chi connectivity index (χ3n) is 3.95. The van der Waals surface area contributed by atoms with Gasteiger partial charge in [0.15, 0.2) is 0 Å². The van der Waals surface area contributed by atoms with E-state index in [1.807, 2.05) is 0 Å². The number of rotatable bonds is 5. The van der Waals surface area contributed by atoms with Crippen molar-refractivity contribution in [2.75, 3.05) is 25.1 Å². The molecule has 0 bridgehead atoms. The first-order valence-electron chi connectivity index (χ1n) is 8.50. The number of ether oxygens (including phenoxy) is 2. The summed E-state index contributed by atoms with van der Waals surface area (Å²) >= 11 is 1.24. The van der Waals surface area contributed by atoms with Crippen molar-refractivity contribution in [1.29, 1.82) is 0 Å². The topological polar surface area (TPSA) is 111 Å². The lowest BCUT2D eigenvalue weighted by Gasteiger charge is -2.26. The predicted molar refractivity (Wildman–Crippen MR) is 95.9 cm³/mol. The quantitative estimate of drug-likeness (QED) is 0.778. The van der Waals surface area contributed by atoms with Crippen LogP contribution in [0.5, 0.6) is 0 Å². The number of esters is 1. The first-order valence-corrected chi connectivity index (χ1v) is 9.32. The van der Waals surface area contributed by atoms with E-state index < -0.39 is 18.0 Å². The van der Waals surface area contributed by atoms with Crippen LogP contribution in [-0.2, 0) is 22.4 Å². The molecule has 2 amide bonds. The molecular weight excluding hydrogens is 374 g/mol. The van der Waals surface area contributed by atoms with Crippen molar-refractivity contribution in [1.82, 2.24) is 10.1 Å². The predicted octanol–water partition coefficient (Wildman–Crippen LogP) is 2.68. The van der Waals surface area contributed by atoms with Crippen molar-refractivity contribution in [2.45, 2.75) is 26.8 Å². The number of carbonyl (C=O) groups is 3. The summed E-state index contributed by atoms with van der Waals surface area (Å²) in [4.78, 5) is 39.2. The second-order valence-electron chi connectivity index (χ2n) is 5.63. The molecule has 0 saturated heterocycles. The largest absolute Gasteiger partial charge is 0.462 e. The van der Waals surface area contributed by atoms with Gasteiger partial charge in [-0.25, -0.2) is 9.59 Å². The number of aromatic nitrogens is 1. The highest BCUT2D eigenvalue weighted by atomic mass is 32.1. The van der Waals surface area contributed by atoms with Gasteiger partial charge in [0.25, 0.3) is 5.91 Å². The summed E-state index contributed by atoms with van der Waals surface area (Å²) in [7, 11) is 0. The van der Waals surface area contributed by atoms with E-state index in [-0.39, 0.29) is 12.4 Å². The zero-order valence-corrected chi connectivity index (χ0v) is 15.8. The van der Waals surface area contributed by atoms with Gasteiger partial charge < -0.3 is 24.2 Å². The molecule has 1 N–H and O–H groups in total. The zero-order valence-electron chi connectivity index (χ0n) is 14.9. The minimum atomic E-state index is -0.515. The van der Waals surface area contributed by atoms with Crippen molar-refractivity contribution in [3.63, 3.8) is 0 Å². The maximum Gasteiger partial charge on any atom is 0.410 e. The SMILES string of the molecule is CCOC(=O)c1c(NC(=O)c2ccno2)sc2c1CCN(C(=O)OCC)C2. The van der Waals surface area contributed by atoms with Crippen LogP contribution < -0.4 is 5.32 Å². The Balaban J connectivity index is 1.90. The molecule has 27 heavy (non-hydrogen) atoms. The Hall–Kier alpha value is -2.88. The molecule has 0 fully saturated rings. The summed E-state index contributed by atoms with van der Waals surface area (Å²) < 4.78 is 15.0. The van der Waals surface area contributed by atoms with Crippen LogP contribution in [0.25, 0.3) is 0 Å². The molecule has 0 spiro atoms. The van der Waals surface area contributed by atoms with Gasteiger partial charge in [0.05, 0.1) is 31.5 Å². The van der Waals surface area contributed by atoms with Crippen LogP contribution >= 0.6 is 11.3 Å². The number of hydrogen-bond donors (Lipinski definition) is 1. The van der Waals surface area contributed by atoms with E-state index in [2.05, 4.69) is 10.5 Å². The van der Waals surface area contributed by atoms with Crippen LogP contribution in [0.3, 0.4) is 0 Å². The Morgan fingerprint density at radius 3 is 2.74 bits per heavy atom. The summed E-state index contributed by atoms with van der Waals surface area (Å²) in [6, 6.07) is 1.43. The number of thiophene rings is 1. The fourth-order valence-electron chi connectivity index (χ4n) is 2.78. The first-order chi connectivity index (χ1) is 13.0. The summed E-state index contributed by atoms with van der Waals surface area (Å²) in [6.07, 6.45) is 1.43. The molecule has 9 nitrogen and oxygen atoms in total. The van der Waals surface area contributed by atoms with Crippen molar-refractivity contribution < 1.29 is 28.4 Å². The third kappa shape index (κ3) is 3.95. The van der Waals surface area contributed by atoms with Gasteiger partial charge in [0.1, 0.15) is 5.00 Å². The lowest BCUT2D eigenvalue weighted by Crippen LogP contribution is -2.36. The summed E-state index contributed by atoms with van der Waals surface area (Å²) in [6.45, 7) is 4.70. The van der Waals surface area contributed by atoms with E-state index in [1.54, 1.807) is 18.7 Å². The Kier molecular flexibility index (Phi) is 5.75. The minimum absolute atomic E-state index is 0.0318. The Morgan fingerprint density at radius 1 is 1.30 bits per heavy atom. The Labute approximate surface area is 159 Å². The molecule has 0 aromatic carbocycles. The van der Waals surface area contributed by atoms with Gasteiger partial charge in [-0.2, -0.15) is 0 Å². The van der Waals surface area contributed by atoms with Gasteiger partial charge >= 0.3 is 12.1 Å². The second kappa shape index (κ2) is 8.21. The van der Waals surface area contributed by atoms with E-state index in [4.69, 9.17) is 14.0 Å². The molecule has 2 aromatic rings. The lowest BCUT2D eigenvalue weighted by atomic mass is 10.0. The minimum Gasteiger partial charge on any atom is -0.462 e. The van der Waals surface area contributed by atoms with Crippen LogP contribution in [0, 0.1) is 0 Å². The van der Waals surface area contributed by atoms with Crippen molar-refractivity contribution in [2.24, 2.45) is 0 Å². The van der Waals surface area contributed by atoms with Gasteiger partial charge in [-0.3, -0.25) is 4.79 Å². The maximum absolute atomic E-state index is 12.5. The third-order valence-corrected chi connectivity index (χ3v) is 5.08. The average Bonchev–Trinajstić information content (AvgIpc) is 3.29. The summed E-state index contributed by atoms with van der Waals surface area (Å²) in [5.41, 5.74) is 1.11. The van der Waals surface area contributed by atoms with Gasteiger partial charge in [0.2, 0.25) is 5.76 Å². The van der Waals surface area contributed by atoms with Crippen LogP contribution in [-0.4, -0.2) is 47.8 Å². The molecule has 1 aliphatic heterocycles. The number of carbonyl (C=O) groups excluding carboxylic acids is 3. The smallest absolute Gasteiger partial charge is 0.410 e. The number of nitrogens with one attached hydrogen (secondary N) is 1. The highest BCUT2D eigenvalue weighted by molar-refractivity contribution is 7.17. The fraction of sp³-hybridized carbons (Fsp3) is 0.412. The lowest BCUT2D eigenvalue weighted by molar-refractivity contribution is 0.0526. The van der Waals surface area contributed by atoms with Gasteiger partial charge in [-0.1, -0.05) is 5.16 Å². The normalized spacial score (nSPS) is 13.0. The van der Waals surface area contributed by atoms with E-state index in [9.17, 15) is 14.4 Å². The molecule has 0 unspecified atom stereocenters. The summed E-state index contributed by atoms with van der Waals surface area (Å²) in [5, 5.41) is 6.56. The monoisotopic (exact) mass is 393 g/mol. The van der Waals surface area contributed by atoms with Gasteiger partial charge in [-0.15, -0.1) is 11.3 Å². The number of hydrogen-bond acceptors (Lipinski definition) is 8. The molecule has 2 aromatic heterocycles. The van der Waals surface area contributed by atoms with E-state index in [0.717, 1.165) is 10.4 Å². The number of amides is 2. The number of anilines is 1. The number of nitrogens with zero attached hydrogens (tertiary/aromatic N) is 2. The standard InChI is InChI=1S/C17H19N3O6S/c1-3-24-16(22)13-10-6-8-20(17(23)25-4-2)9-12(10)27-15(13)19-14(21)11-5-7-18-26-11/h5,7H,3-4,6,8-9H2,1-2H3,(H,19,21). The molecule has 0 aliphatic carbocycles. The van der Waals surface area contributed by atoms with Crippen LogP contribution in [0.1, 0.15) is 45.2 Å². The molecule has 0 saturated carbocycles.